The first-order valence-corrected chi connectivity index (χ1v) is 14.8. The lowest BCUT2D eigenvalue weighted by Crippen LogP contribution is -2.43. The van der Waals surface area contributed by atoms with Crippen molar-refractivity contribution >= 4 is 34.2 Å². The minimum atomic E-state index is -0.348. The Balaban J connectivity index is 1.00. The van der Waals surface area contributed by atoms with Crippen molar-refractivity contribution in [3.63, 3.8) is 0 Å². The number of para-hydroxylation sites is 1. The fraction of sp³-hybridized carbons (Fsp3) is 0.194. The van der Waals surface area contributed by atoms with Gasteiger partial charge >= 0.3 is 0 Å². The smallest absolute Gasteiger partial charge is 0.291 e. The molecule has 2 saturated heterocycles. The van der Waals surface area contributed by atoms with Gasteiger partial charge < -0.3 is 24.3 Å². The molecular formula is C36H31N3O5. The first kappa shape index (κ1) is 27.5. The maximum Gasteiger partial charge on any atom is 0.291 e. The molecule has 0 radical (unpaired) electrons. The Bertz CT molecular complexity index is 1830. The van der Waals surface area contributed by atoms with E-state index in [-0.39, 0.29) is 29.4 Å². The number of fused-ring (bicyclic) bond motifs is 2. The topological polar surface area (TPSA) is 92.1 Å². The molecule has 8 heteroatoms. The fourth-order valence-electron chi connectivity index (χ4n) is 6.30. The molecule has 3 heterocycles. The summed E-state index contributed by atoms with van der Waals surface area (Å²) in [6.45, 7) is 2.49. The van der Waals surface area contributed by atoms with E-state index >= 15 is 0 Å². The zero-order valence-corrected chi connectivity index (χ0v) is 24.0. The second-order valence-corrected chi connectivity index (χ2v) is 11.4. The summed E-state index contributed by atoms with van der Waals surface area (Å²) in [5, 5.41) is 4.83. The summed E-state index contributed by atoms with van der Waals surface area (Å²) in [5.74, 6) is 1.55. The zero-order valence-electron chi connectivity index (χ0n) is 24.0. The van der Waals surface area contributed by atoms with Gasteiger partial charge in [-0.25, -0.2) is 0 Å². The van der Waals surface area contributed by atoms with Gasteiger partial charge in [-0.05, 0) is 78.2 Å². The summed E-state index contributed by atoms with van der Waals surface area (Å²) in [6, 6.07) is 31.5. The van der Waals surface area contributed by atoms with Gasteiger partial charge in [-0.3, -0.25) is 14.4 Å². The van der Waals surface area contributed by atoms with Crippen LogP contribution in [0, 0.1) is 11.8 Å². The second-order valence-electron chi connectivity index (χ2n) is 11.4. The lowest BCUT2D eigenvalue weighted by molar-refractivity contribution is 0.0642. The normalized spacial score (nSPS) is 17.7. The van der Waals surface area contributed by atoms with Crippen LogP contribution in [0.2, 0.25) is 0 Å². The molecular weight excluding hydrogens is 554 g/mol. The van der Waals surface area contributed by atoms with E-state index in [2.05, 4.69) is 5.32 Å². The van der Waals surface area contributed by atoms with Crippen LogP contribution in [0.15, 0.2) is 114 Å². The lowest BCUT2D eigenvalue weighted by Gasteiger charge is -2.34. The Morgan fingerprint density at radius 3 is 2.27 bits per heavy atom. The average molecular weight is 586 g/mol. The summed E-state index contributed by atoms with van der Waals surface area (Å²) in [6.07, 6.45) is 2.28. The van der Waals surface area contributed by atoms with Gasteiger partial charge in [0.25, 0.3) is 17.7 Å². The molecule has 2 fully saturated rings. The Labute approximate surface area is 254 Å². The van der Waals surface area contributed by atoms with Crippen molar-refractivity contribution in [2.24, 2.45) is 11.8 Å². The molecule has 8 nitrogen and oxygen atoms in total. The van der Waals surface area contributed by atoms with Crippen molar-refractivity contribution in [3.05, 3.63) is 126 Å². The van der Waals surface area contributed by atoms with Crippen LogP contribution in [0.5, 0.6) is 11.5 Å². The summed E-state index contributed by atoms with van der Waals surface area (Å²) >= 11 is 0. The number of piperidine rings is 1. The van der Waals surface area contributed by atoms with Crippen molar-refractivity contribution in [2.75, 3.05) is 31.5 Å². The molecule has 0 spiro atoms. The maximum atomic E-state index is 13.8. The number of carbonyl (C=O) groups is 3. The van der Waals surface area contributed by atoms with Crippen molar-refractivity contribution in [3.8, 4) is 11.5 Å². The molecule has 1 aromatic heterocycles. The SMILES string of the molecule is O=C(Nc1ccc(C(=O)N2CC[C@@H]3CN(C(=O)c4ccccc4Oc4cccc5ccccc45)C[C@@H]3C2)cc1)c1ccco1. The van der Waals surface area contributed by atoms with Gasteiger partial charge in [0, 0.05) is 42.8 Å². The summed E-state index contributed by atoms with van der Waals surface area (Å²) in [7, 11) is 0. The van der Waals surface area contributed by atoms with Crippen molar-refractivity contribution < 1.29 is 23.5 Å². The highest BCUT2D eigenvalue weighted by atomic mass is 16.5. The Morgan fingerprint density at radius 2 is 1.43 bits per heavy atom. The summed E-state index contributed by atoms with van der Waals surface area (Å²) < 4.78 is 11.5. The largest absolute Gasteiger partial charge is 0.459 e. The number of furan rings is 1. The number of anilines is 1. The van der Waals surface area contributed by atoms with E-state index < -0.39 is 0 Å². The molecule has 0 bridgehead atoms. The first-order valence-electron chi connectivity index (χ1n) is 14.8. The van der Waals surface area contributed by atoms with Crippen LogP contribution in [-0.2, 0) is 0 Å². The van der Waals surface area contributed by atoms with Crippen LogP contribution in [0.1, 0.15) is 37.7 Å². The highest BCUT2D eigenvalue weighted by Crippen LogP contribution is 2.36. The number of hydrogen-bond donors (Lipinski definition) is 1. The van der Waals surface area contributed by atoms with E-state index in [0.29, 0.717) is 60.4 Å². The van der Waals surface area contributed by atoms with Gasteiger partial charge in [0.1, 0.15) is 11.5 Å². The molecule has 5 aromatic rings. The predicted molar refractivity (Wildman–Crippen MR) is 167 cm³/mol. The standard InChI is InChI=1S/C36H31N3O5/c40-34(33-13-6-20-43-33)37-28-16-14-25(15-17-28)35(41)38-19-18-26-21-39(23-27(26)22-38)36(42)30-10-3-4-11-32(30)44-31-12-5-8-24-7-1-2-9-29(24)31/h1-17,20,26-27H,18-19,21-23H2,(H,37,40)/t26-,27+/m1/s1. The Hall–Kier alpha value is -5.37. The van der Waals surface area contributed by atoms with Crippen molar-refractivity contribution in [2.45, 2.75) is 6.42 Å². The van der Waals surface area contributed by atoms with Crippen LogP contribution >= 0.6 is 0 Å². The van der Waals surface area contributed by atoms with Gasteiger partial charge in [0.15, 0.2) is 5.76 Å². The molecule has 2 aliphatic rings. The van der Waals surface area contributed by atoms with Crippen LogP contribution in [0.25, 0.3) is 10.8 Å². The molecule has 3 amide bonds. The number of nitrogens with one attached hydrogen (secondary N) is 1. The van der Waals surface area contributed by atoms with E-state index in [1.54, 1.807) is 36.4 Å². The predicted octanol–water partition coefficient (Wildman–Crippen LogP) is 6.71. The number of likely N-dealkylation sites (tertiary alicyclic amines) is 2. The summed E-state index contributed by atoms with van der Waals surface area (Å²) in [4.78, 5) is 43.2. The van der Waals surface area contributed by atoms with Crippen molar-refractivity contribution in [1.82, 2.24) is 9.80 Å². The van der Waals surface area contributed by atoms with Crippen LogP contribution < -0.4 is 10.1 Å². The third kappa shape index (κ3) is 5.42. The van der Waals surface area contributed by atoms with Crippen LogP contribution in [0.4, 0.5) is 5.69 Å². The number of rotatable bonds is 6. The molecule has 2 atom stereocenters. The maximum absolute atomic E-state index is 13.8. The number of carbonyl (C=O) groups excluding carboxylic acids is 3. The van der Waals surface area contributed by atoms with Crippen LogP contribution in [-0.4, -0.2) is 53.7 Å². The monoisotopic (exact) mass is 585 g/mol. The quantitative estimate of drug-likeness (QED) is 0.239. The van der Waals surface area contributed by atoms with E-state index in [4.69, 9.17) is 9.15 Å². The summed E-state index contributed by atoms with van der Waals surface area (Å²) in [5.41, 5.74) is 1.67. The number of amides is 3. The Kier molecular flexibility index (Phi) is 7.32. The molecule has 0 saturated carbocycles. The number of benzene rings is 4. The number of nitrogens with zero attached hydrogens (tertiary/aromatic N) is 2. The van der Waals surface area contributed by atoms with Gasteiger partial charge in [-0.2, -0.15) is 0 Å². The fourth-order valence-corrected chi connectivity index (χ4v) is 6.30. The van der Waals surface area contributed by atoms with E-state index in [1.165, 1.54) is 6.26 Å². The molecule has 44 heavy (non-hydrogen) atoms. The van der Waals surface area contributed by atoms with Gasteiger partial charge in [0.05, 0.1) is 11.8 Å². The molecule has 4 aromatic carbocycles. The van der Waals surface area contributed by atoms with E-state index in [1.807, 2.05) is 76.5 Å². The molecule has 0 aliphatic carbocycles. The zero-order chi connectivity index (χ0) is 30.0. The van der Waals surface area contributed by atoms with Gasteiger partial charge in [-0.15, -0.1) is 0 Å². The highest BCUT2D eigenvalue weighted by molar-refractivity contribution is 6.02. The molecule has 220 valence electrons. The minimum Gasteiger partial charge on any atom is -0.459 e. The average Bonchev–Trinajstić information content (AvgIpc) is 3.76. The Morgan fingerprint density at radius 1 is 0.705 bits per heavy atom. The van der Waals surface area contributed by atoms with Crippen LogP contribution in [0.3, 0.4) is 0 Å². The lowest BCUT2D eigenvalue weighted by atomic mass is 9.88. The van der Waals surface area contributed by atoms with E-state index in [9.17, 15) is 14.4 Å². The minimum absolute atomic E-state index is 0.0500. The molecule has 7 rings (SSSR count). The number of ether oxygens (including phenoxy) is 1. The highest BCUT2D eigenvalue weighted by Gasteiger charge is 2.40. The van der Waals surface area contributed by atoms with Gasteiger partial charge in [0.2, 0.25) is 0 Å². The van der Waals surface area contributed by atoms with E-state index in [0.717, 1.165) is 17.2 Å². The molecule has 2 aliphatic heterocycles. The first-order chi connectivity index (χ1) is 21.5. The molecule has 0 unspecified atom stereocenters. The number of hydrogen-bond acceptors (Lipinski definition) is 5. The third-order valence-electron chi connectivity index (χ3n) is 8.60. The second kappa shape index (κ2) is 11.7. The van der Waals surface area contributed by atoms with Crippen molar-refractivity contribution in [1.29, 1.82) is 0 Å². The molecule has 1 N–H and O–H groups in total. The van der Waals surface area contributed by atoms with Gasteiger partial charge in [-0.1, -0.05) is 48.5 Å². The third-order valence-corrected chi connectivity index (χ3v) is 8.60.